The largest absolute Gasteiger partial charge is 0.344 e. The minimum atomic E-state index is -0.184. The molecule has 1 fully saturated rings. The van der Waals surface area contributed by atoms with Gasteiger partial charge in [-0.2, -0.15) is 0 Å². The van der Waals surface area contributed by atoms with Gasteiger partial charge in [0.2, 0.25) is 0 Å². The zero-order chi connectivity index (χ0) is 19.8. The summed E-state index contributed by atoms with van der Waals surface area (Å²) < 4.78 is 2.38. The summed E-state index contributed by atoms with van der Waals surface area (Å²) >= 11 is 6.29. The summed E-state index contributed by atoms with van der Waals surface area (Å²) in [4.78, 5) is 17.2. The van der Waals surface area contributed by atoms with Crippen LogP contribution in [0.5, 0.6) is 0 Å². The fourth-order valence-electron chi connectivity index (χ4n) is 4.36. The smallest absolute Gasteiger partial charge is 0.255 e. The summed E-state index contributed by atoms with van der Waals surface area (Å²) in [5, 5.41) is 5.23. The van der Waals surface area contributed by atoms with Crippen LogP contribution in [0.2, 0.25) is 5.15 Å². The van der Waals surface area contributed by atoms with Crippen molar-refractivity contribution in [3.63, 3.8) is 0 Å². The second kappa shape index (κ2) is 7.53. The average molecular weight is 404 g/mol. The van der Waals surface area contributed by atoms with E-state index >= 15 is 0 Å². The Balaban J connectivity index is 1.42. The van der Waals surface area contributed by atoms with Gasteiger partial charge in [0, 0.05) is 34.1 Å². The highest BCUT2D eigenvalue weighted by atomic mass is 35.5. The second-order valence-corrected chi connectivity index (χ2v) is 8.12. The third kappa shape index (κ3) is 3.49. The first-order valence-corrected chi connectivity index (χ1v) is 10.5. The van der Waals surface area contributed by atoms with E-state index in [0.29, 0.717) is 22.4 Å². The number of nitrogens with zero attached hydrogens (tertiary/aromatic N) is 2. The van der Waals surface area contributed by atoms with Crippen molar-refractivity contribution in [2.75, 3.05) is 5.32 Å². The van der Waals surface area contributed by atoms with Gasteiger partial charge in [0.05, 0.1) is 11.2 Å². The minimum absolute atomic E-state index is 0.184. The van der Waals surface area contributed by atoms with Gasteiger partial charge in [0.15, 0.2) is 5.15 Å². The highest BCUT2D eigenvalue weighted by Gasteiger charge is 2.17. The number of amides is 1. The zero-order valence-corrected chi connectivity index (χ0v) is 16.8. The van der Waals surface area contributed by atoms with Gasteiger partial charge in [-0.25, -0.2) is 4.98 Å². The van der Waals surface area contributed by atoms with Crippen LogP contribution in [0, 0.1) is 0 Å². The van der Waals surface area contributed by atoms with Crippen molar-refractivity contribution in [1.29, 1.82) is 0 Å². The zero-order valence-electron chi connectivity index (χ0n) is 16.1. The first kappa shape index (κ1) is 18.2. The molecule has 1 aliphatic rings. The van der Waals surface area contributed by atoms with Crippen LogP contribution < -0.4 is 5.32 Å². The van der Waals surface area contributed by atoms with Crippen LogP contribution in [-0.2, 0) is 0 Å². The standard InChI is InChI=1S/C24H22ClN3O/c25-23-21(15-16-6-4-5-9-20(16)26-23)27-24(29)18-10-11-22-17(14-18)12-13-28(22)19-7-2-1-3-8-19/h4-6,9-15,19H,1-3,7-8H2,(H,27,29). The first-order valence-electron chi connectivity index (χ1n) is 10.2. The van der Waals surface area contributed by atoms with Crippen molar-refractivity contribution >= 4 is 45.0 Å². The number of hydrogen-bond donors (Lipinski definition) is 1. The van der Waals surface area contributed by atoms with Crippen molar-refractivity contribution in [2.24, 2.45) is 0 Å². The summed E-state index contributed by atoms with van der Waals surface area (Å²) in [5.74, 6) is -0.184. The van der Waals surface area contributed by atoms with Gasteiger partial charge < -0.3 is 9.88 Å². The van der Waals surface area contributed by atoms with Crippen LogP contribution in [0.3, 0.4) is 0 Å². The molecule has 1 N–H and O–H groups in total. The lowest BCUT2D eigenvalue weighted by atomic mass is 9.95. The molecule has 5 rings (SSSR count). The highest BCUT2D eigenvalue weighted by molar-refractivity contribution is 6.33. The van der Waals surface area contributed by atoms with E-state index < -0.39 is 0 Å². The Hall–Kier alpha value is -2.85. The molecule has 0 spiro atoms. The maximum Gasteiger partial charge on any atom is 0.255 e. The molecule has 2 aromatic heterocycles. The molecule has 1 aliphatic carbocycles. The molecule has 5 heteroatoms. The van der Waals surface area contributed by atoms with Crippen molar-refractivity contribution in [1.82, 2.24) is 9.55 Å². The Bertz CT molecular complexity index is 1210. The molecule has 2 aromatic carbocycles. The maximum absolute atomic E-state index is 12.9. The van der Waals surface area contributed by atoms with Crippen LogP contribution >= 0.6 is 11.6 Å². The molecule has 4 nitrogen and oxygen atoms in total. The molecule has 2 heterocycles. The number of anilines is 1. The fraction of sp³-hybridized carbons (Fsp3) is 0.250. The molecule has 0 bridgehead atoms. The summed E-state index contributed by atoms with van der Waals surface area (Å²) in [5.41, 5.74) is 3.14. The molecule has 0 radical (unpaired) electrons. The Morgan fingerprint density at radius 2 is 1.83 bits per heavy atom. The second-order valence-electron chi connectivity index (χ2n) is 7.76. The monoisotopic (exact) mass is 403 g/mol. The number of carbonyl (C=O) groups excluding carboxylic acids is 1. The van der Waals surface area contributed by atoms with E-state index in [0.717, 1.165) is 16.3 Å². The van der Waals surface area contributed by atoms with E-state index in [1.165, 1.54) is 37.6 Å². The molecule has 0 saturated heterocycles. The molecular formula is C24H22ClN3O. The van der Waals surface area contributed by atoms with Gasteiger partial charge >= 0.3 is 0 Å². The van der Waals surface area contributed by atoms with E-state index in [1.807, 2.05) is 42.5 Å². The third-order valence-electron chi connectivity index (χ3n) is 5.88. The molecule has 1 amide bonds. The summed E-state index contributed by atoms with van der Waals surface area (Å²) in [6.45, 7) is 0. The predicted octanol–water partition coefficient (Wildman–Crippen LogP) is 6.60. The summed E-state index contributed by atoms with van der Waals surface area (Å²) in [7, 11) is 0. The van der Waals surface area contributed by atoms with Gasteiger partial charge in [0.25, 0.3) is 5.91 Å². The van der Waals surface area contributed by atoms with Crippen LogP contribution in [-0.4, -0.2) is 15.5 Å². The average Bonchev–Trinajstić information content (AvgIpc) is 3.18. The van der Waals surface area contributed by atoms with E-state index in [1.54, 1.807) is 0 Å². The van der Waals surface area contributed by atoms with E-state index in [9.17, 15) is 4.79 Å². The Morgan fingerprint density at radius 1 is 1.00 bits per heavy atom. The van der Waals surface area contributed by atoms with Crippen molar-refractivity contribution in [3.8, 4) is 0 Å². The number of aromatic nitrogens is 2. The predicted molar refractivity (Wildman–Crippen MR) is 119 cm³/mol. The van der Waals surface area contributed by atoms with Crippen LogP contribution in [0.4, 0.5) is 5.69 Å². The SMILES string of the molecule is O=C(Nc1cc2ccccc2nc1Cl)c1ccc2c(ccn2C2CCCCC2)c1. The lowest BCUT2D eigenvalue weighted by molar-refractivity contribution is 0.102. The lowest BCUT2D eigenvalue weighted by Crippen LogP contribution is -2.13. The number of nitrogens with one attached hydrogen (secondary N) is 1. The van der Waals surface area contributed by atoms with E-state index in [-0.39, 0.29) is 5.91 Å². The molecule has 146 valence electrons. The van der Waals surface area contributed by atoms with E-state index in [2.05, 4.69) is 33.2 Å². The molecule has 1 saturated carbocycles. The minimum Gasteiger partial charge on any atom is -0.344 e. The molecule has 0 atom stereocenters. The Labute approximate surface area is 174 Å². The molecular weight excluding hydrogens is 382 g/mol. The number of fused-ring (bicyclic) bond motifs is 2. The third-order valence-corrected chi connectivity index (χ3v) is 6.16. The first-order chi connectivity index (χ1) is 14.2. The van der Waals surface area contributed by atoms with Crippen LogP contribution in [0.25, 0.3) is 21.8 Å². The van der Waals surface area contributed by atoms with Crippen LogP contribution in [0.15, 0.2) is 60.8 Å². The lowest BCUT2D eigenvalue weighted by Gasteiger charge is -2.24. The molecule has 0 aliphatic heterocycles. The number of halogens is 1. The highest BCUT2D eigenvalue weighted by Crippen LogP contribution is 2.32. The van der Waals surface area contributed by atoms with Crippen molar-refractivity contribution in [2.45, 2.75) is 38.1 Å². The number of pyridine rings is 1. The summed E-state index contributed by atoms with van der Waals surface area (Å²) in [6, 6.07) is 18.1. The maximum atomic E-state index is 12.9. The number of para-hydroxylation sites is 1. The van der Waals surface area contributed by atoms with Crippen molar-refractivity contribution < 1.29 is 4.79 Å². The number of carbonyl (C=O) groups is 1. The topological polar surface area (TPSA) is 46.9 Å². The van der Waals surface area contributed by atoms with Crippen LogP contribution in [0.1, 0.15) is 48.5 Å². The molecule has 4 aromatic rings. The number of rotatable bonds is 3. The fourth-order valence-corrected chi connectivity index (χ4v) is 4.55. The van der Waals surface area contributed by atoms with Gasteiger partial charge in [-0.3, -0.25) is 4.79 Å². The van der Waals surface area contributed by atoms with Gasteiger partial charge in [-0.05, 0) is 49.2 Å². The Morgan fingerprint density at radius 3 is 2.69 bits per heavy atom. The summed E-state index contributed by atoms with van der Waals surface area (Å²) in [6.07, 6.45) is 8.56. The van der Waals surface area contributed by atoms with E-state index in [4.69, 9.17) is 11.6 Å². The quantitative estimate of drug-likeness (QED) is 0.391. The number of benzene rings is 2. The van der Waals surface area contributed by atoms with Gasteiger partial charge in [0.1, 0.15) is 0 Å². The Kier molecular flexibility index (Phi) is 4.72. The van der Waals surface area contributed by atoms with Gasteiger partial charge in [-0.15, -0.1) is 0 Å². The number of hydrogen-bond acceptors (Lipinski definition) is 2. The van der Waals surface area contributed by atoms with Crippen molar-refractivity contribution in [3.05, 3.63) is 71.5 Å². The normalized spacial score (nSPS) is 15.1. The van der Waals surface area contributed by atoms with Gasteiger partial charge in [-0.1, -0.05) is 49.1 Å². The molecule has 0 unspecified atom stereocenters. The molecule has 29 heavy (non-hydrogen) atoms.